The number of aliphatic hydroxyl groups is 5. The Hall–Kier alpha value is -0.540. The number of methoxy groups -OCH3 is 1. The Labute approximate surface area is 171 Å². The van der Waals surface area contributed by atoms with Crippen molar-refractivity contribution >= 4 is 0 Å². The molecule has 3 unspecified atom stereocenters. The van der Waals surface area contributed by atoms with E-state index in [1.165, 1.54) is 0 Å². The summed E-state index contributed by atoms with van der Waals surface area (Å²) < 4.78 is 5.66. The zero-order chi connectivity index (χ0) is 20.7. The molecule has 0 amide bonds. The number of likely N-dealkylation sites (tertiary alicyclic amines) is 1. The Bertz CT molecular complexity index is 791. The number of aliphatic hydroxyl groups excluding tert-OH is 3. The molecule has 5 N–H and O–H groups in total. The summed E-state index contributed by atoms with van der Waals surface area (Å²) in [6.07, 6.45) is 1.41. The molecule has 162 valence electrons. The number of hydrogen-bond acceptors (Lipinski definition) is 7. The van der Waals surface area contributed by atoms with Gasteiger partial charge in [0.1, 0.15) is 11.2 Å². The second kappa shape index (κ2) is 5.26. The van der Waals surface area contributed by atoms with Gasteiger partial charge in [0.25, 0.3) is 0 Å². The molecule has 1 spiro atoms. The fourth-order valence-corrected chi connectivity index (χ4v) is 9.68. The third-order valence-electron chi connectivity index (χ3n) is 10.3. The van der Waals surface area contributed by atoms with Crippen molar-refractivity contribution < 1.29 is 30.3 Å². The SMILES string of the molecule is CCN1C[C@]2(C)C=C[C@H](O)C34C1C(O)([C@@H](O)[C@@H]32)[C@@]1(O)C[C@H](OC)[C@@H]2C[C@H]4[C@@H]1[C@H]2O. The Kier molecular flexibility index (Phi) is 3.48. The van der Waals surface area contributed by atoms with E-state index in [0.717, 1.165) is 0 Å². The summed E-state index contributed by atoms with van der Waals surface area (Å²) in [7, 11) is 1.58. The van der Waals surface area contributed by atoms with E-state index in [9.17, 15) is 25.5 Å². The van der Waals surface area contributed by atoms with Gasteiger partial charge < -0.3 is 30.3 Å². The molecule has 7 nitrogen and oxygen atoms in total. The zero-order valence-electron chi connectivity index (χ0n) is 17.3. The highest BCUT2D eigenvalue weighted by Gasteiger charge is 2.90. The van der Waals surface area contributed by atoms with Crippen LogP contribution in [0.15, 0.2) is 12.2 Å². The number of ether oxygens (including phenoxy) is 1. The molecule has 7 heteroatoms. The van der Waals surface area contributed by atoms with Crippen molar-refractivity contribution in [1.82, 2.24) is 4.90 Å². The van der Waals surface area contributed by atoms with E-state index in [1.807, 2.05) is 19.1 Å². The Balaban J connectivity index is 1.68. The van der Waals surface area contributed by atoms with Crippen molar-refractivity contribution in [2.75, 3.05) is 20.2 Å². The maximum atomic E-state index is 12.3. The standard InChI is InChI=1S/C22H33NO6/c1-4-23-9-19(2)6-5-13(24)21-11-7-10-12(29-3)8-20(27,14(11)15(10)25)22(28,18(21)23)17(26)16(19)21/h5-6,10-18,24-28H,4,7-9H2,1-3H3/t10-,11-,12-,13-,14+,15-,16+,17-,18?,19-,20+,21?,22?/m0/s1. The highest BCUT2D eigenvalue weighted by Crippen LogP contribution is 2.78. The van der Waals surface area contributed by atoms with Crippen molar-refractivity contribution in [3.05, 3.63) is 12.2 Å². The van der Waals surface area contributed by atoms with Gasteiger partial charge in [-0.15, -0.1) is 0 Å². The number of nitrogens with zero attached hydrogens (tertiary/aromatic N) is 1. The zero-order valence-corrected chi connectivity index (χ0v) is 17.3. The van der Waals surface area contributed by atoms with Crippen molar-refractivity contribution in [2.24, 2.45) is 34.5 Å². The van der Waals surface area contributed by atoms with Gasteiger partial charge in [-0.2, -0.15) is 0 Å². The number of rotatable bonds is 2. The van der Waals surface area contributed by atoms with E-state index in [2.05, 4.69) is 11.8 Å². The van der Waals surface area contributed by atoms with Crippen LogP contribution in [0.2, 0.25) is 0 Å². The van der Waals surface area contributed by atoms with Crippen molar-refractivity contribution in [1.29, 1.82) is 0 Å². The fraction of sp³-hybridized carbons (Fsp3) is 0.909. The second-order valence-corrected chi connectivity index (χ2v) is 10.9. The van der Waals surface area contributed by atoms with Crippen LogP contribution in [-0.2, 0) is 4.74 Å². The summed E-state index contributed by atoms with van der Waals surface area (Å²) in [5.41, 5.74) is -4.74. The predicted molar refractivity (Wildman–Crippen MR) is 103 cm³/mol. The average Bonchev–Trinajstić information content (AvgIpc) is 3.04. The molecule has 6 rings (SSSR count). The van der Waals surface area contributed by atoms with E-state index < -0.39 is 52.3 Å². The Morgan fingerprint density at radius 3 is 2.59 bits per heavy atom. The molecule has 5 fully saturated rings. The lowest BCUT2D eigenvalue weighted by atomic mass is 9.44. The molecule has 29 heavy (non-hydrogen) atoms. The number of piperidine rings is 1. The molecule has 6 aliphatic rings. The van der Waals surface area contributed by atoms with Crippen LogP contribution in [0.4, 0.5) is 0 Å². The molecule has 13 atom stereocenters. The largest absolute Gasteiger partial charge is 0.392 e. The topological polar surface area (TPSA) is 114 Å². The smallest absolute Gasteiger partial charge is 0.136 e. The van der Waals surface area contributed by atoms with E-state index in [4.69, 9.17) is 4.74 Å². The first-order chi connectivity index (χ1) is 13.6. The maximum absolute atomic E-state index is 12.3. The van der Waals surface area contributed by atoms with Crippen LogP contribution in [0.3, 0.4) is 0 Å². The van der Waals surface area contributed by atoms with E-state index in [-0.39, 0.29) is 30.3 Å². The van der Waals surface area contributed by atoms with Gasteiger partial charge in [0.15, 0.2) is 0 Å². The molecule has 0 aromatic rings. The van der Waals surface area contributed by atoms with Gasteiger partial charge in [-0.3, -0.25) is 4.90 Å². The maximum Gasteiger partial charge on any atom is 0.136 e. The van der Waals surface area contributed by atoms with Crippen molar-refractivity contribution in [3.63, 3.8) is 0 Å². The minimum atomic E-state index is -1.84. The molecule has 4 saturated carbocycles. The van der Waals surface area contributed by atoms with E-state index >= 15 is 0 Å². The van der Waals surface area contributed by atoms with Gasteiger partial charge in [0, 0.05) is 48.7 Å². The minimum Gasteiger partial charge on any atom is -0.392 e. The molecule has 0 radical (unpaired) electrons. The van der Waals surface area contributed by atoms with Crippen LogP contribution in [0, 0.1) is 34.5 Å². The third kappa shape index (κ3) is 1.63. The molecular weight excluding hydrogens is 374 g/mol. The lowest BCUT2D eigenvalue weighted by molar-refractivity contribution is -0.308. The van der Waals surface area contributed by atoms with Gasteiger partial charge in [0.2, 0.25) is 0 Å². The lowest BCUT2D eigenvalue weighted by Crippen LogP contribution is -2.81. The molecular formula is C22H33NO6. The van der Waals surface area contributed by atoms with Gasteiger partial charge in [-0.25, -0.2) is 0 Å². The second-order valence-electron chi connectivity index (χ2n) is 10.9. The summed E-state index contributed by atoms with van der Waals surface area (Å²) in [6.45, 7) is 5.43. The van der Waals surface area contributed by atoms with E-state index in [0.29, 0.717) is 19.5 Å². The highest BCUT2D eigenvalue weighted by atomic mass is 16.5. The molecule has 0 aromatic heterocycles. The quantitative estimate of drug-likeness (QED) is 0.378. The number of likely N-dealkylation sites (N-methyl/N-ethyl adjacent to an activating group) is 1. The summed E-state index contributed by atoms with van der Waals surface area (Å²) in [5, 5.41) is 58.9. The summed E-state index contributed by atoms with van der Waals surface area (Å²) in [6, 6.07) is -0.569. The van der Waals surface area contributed by atoms with Gasteiger partial charge in [-0.1, -0.05) is 26.0 Å². The van der Waals surface area contributed by atoms with E-state index in [1.54, 1.807) is 7.11 Å². The van der Waals surface area contributed by atoms with Gasteiger partial charge in [0.05, 0.1) is 30.5 Å². The lowest BCUT2D eigenvalue weighted by Gasteiger charge is -2.68. The average molecular weight is 408 g/mol. The molecule has 0 aromatic carbocycles. The molecule has 7 bridgehead atoms. The highest BCUT2D eigenvalue weighted by molar-refractivity contribution is 5.43. The van der Waals surface area contributed by atoms with Crippen LogP contribution < -0.4 is 0 Å². The van der Waals surface area contributed by atoms with Gasteiger partial charge in [-0.05, 0) is 18.9 Å². The predicted octanol–water partition coefficient (Wildman–Crippen LogP) is -0.888. The number of fused-ring (bicyclic) bond motifs is 2. The summed E-state index contributed by atoms with van der Waals surface area (Å²) in [5.74, 6) is -1.29. The van der Waals surface area contributed by atoms with Crippen LogP contribution in [0.25, 0.3) is 0 Å². The minimum absolute atomic E-state index is 0.134. The van der Waals surface area contributed by atoms with Crippen molar-refractivity contribution in [2.45, 2.75) is 68.3 Å². The van der Waals surface area contributed by atoms with Gasteiger partial charge >= 0.3 is 0 Å². The van der Waals surface area contributed by atoms with Crippen LogP contribution in [0.1, 0.15) is 26.7 Å². The molecule has 1 saturated heterocycles. The Morgan fingerprint density at radius 1 is 1.21 bits per heavy atom. The molecule has 1 heterocycles. The normalized spacial score (nSPS) is 67.1. The third-order valence-corrected chi connectivity index (χ3v) is 10.3. The molecule has 5 aliphatic carbocycles. The van der Waals surface area contributed by atoms with Crippen LogP contribution >= 0.6 is 0 Å². The summed E-state index contributed by atoms with van der Waals surface area (Å²) >= 11 is 0. The first-order valence-corrected chi connectivity index (χ1v) is 11.1. The molecule has 1 aliphatic heterocycles. The number of hydrogen-bond donors (Lipinski definition) is 5. The van der Waals surface area contributed by atoms with Crippen molar-refractivity contribution in [3.8, 4) is 0 Å². The van der Waals surface area contributed by atoms with Crippen LogP contribution in [0.5, 0.6) is 0 Å². The monoisotopic (exact) mass is 407 g/mol. The van der Waals surface area contributed by atoms with Crippen LogP contribution in [-0.4, -0.2) is 92.3 Å². The first kappa shape index (κ1) is 19.2. The fourth-order valence-electron chi connectivity index (χ4n) is 9.68. The summed E-state index contributed by atoms with van der Waals surface area (Å²) in [4.78, 5) is 2.16. The first-order valence-electron chi connectivity index (χ1n) is 11.1. The Morgan fingerprint density at radius 2 is 1.93 bits per heavy atom.